The molecule has 0 unspecified atom stereocenters. The lowest BCUT2D eigenvalue weighted by molar-refractivity contribution is 0.101. The predicted octanol–water partition coefficient (Wildman–Crippen LogP) is 1.62. The Balaban J connectivity index is 2.78. The van der Waals surface area contributed by atoms with E-state index >= 15 is 0 Å². The number of ether oxygens (including phenoxy) is 3. The highest BCUT2D eigenvalue weighted by molar-refractivity contribution is 5.67. The van der Waals surface area contributed by atoms with Crippen molar-refractivity contribution in [1.29, 1.82) is 0 Å². The van der Waals surface area contributed by atoms with Crippen LogP contribution >= 0.6 is 0 Å². The standard InChI is InChI=1S/C9H11NO6/c1-3-14-9(13)16-7-5-10(2)4-6(7)15-8(11)12/h4-5H,3H2,1-2H3,(H,11,12). The van der Waals surface area contributed by atoms with Crippen LogP contribution in [0.15, 0.2) is 12.4 Å². The Bertz CT molecular complexity index is 397. The Morgan fingerprint density at radius 3 is 2.38 bits per heavy atom. The SMILES string of the molecule is CCOC(=O)Oc1cn(C)cc1OC(=O)O. The van der Waals surface area contributed by atoms with Gasteiger partial charge in [0.1, 0.15) is 0 Å². The molecular formula is C9H11NO6. The number of carbonyl (C=O) groups excluding carboxylic acids is 1. The summed E-state index contributed by atoms with van der Waals surface area (Å²) < 4.78 is 15.2. The van der Waals surface area contributed by atoms with Gasteiger partial charge < -0.3 is 23.9 Å². The Morgan fingerprint density at radius 1 is 1.31 bits per heavy atom. The number of hydrogen-bond acceptors (Lipinski definition) is 5. The molecule has 0 saturated carbocycles. The van der Waals surface area contributed by atoms with Crippen LogP contribution in [0.1, 0.15) is 6.92 Å². The van der Waals surface area contributed by atoms with Crippen molar-refractivity contribution >= 4 is 12.3 Å². The van der Waals surface area contributed by atoms with Crippen molar-refractivity contribution in [2.45, 2.75) is 6.92 Å². The molecule has 1 heterocycles. The van der Waals surface area contributed by atoms with Gasteiger partial charge in [0.05, 0.1) is 19.0 Å². The van der Waals surface area contributed by atoms with Gasteiger partial charge in [0, 0.05) is 7.05 Å². The average molecular weight is 229 g/mol. The number of aryl methyl sites for hydroxylation is 1. The van der Waals surface area contributed by atoms with Crippen LogP contribution < -0.4 is 9.47 Å². The second kappa shape index (κ2) is 5.06. The van der Waals surface area contributed by atoms with Crippen LogP contribution in [0, 0.1) is 0 Å². The van der Waals surface area contributed by atoms with E-state index in [0.29, 0.717) is 0 Å². The maximum Gasteiger partial charge on any atom is 0.514 e. The van der Waals surface area contributed by atoms with Crippen molar-refractivity contribution in [3.05, 3.63) is 12.4 Å². The molecule has 0 atom stereocenters. The minimum Gasteiger partial charge on any atom is -0.449 e. The smallest absolute Gasteiger partial charge is 0.449 e. The second-order valence-corrected chi connectivity index (χ2v) is 2.81. The second-order valence-electron chi connectivity index (χ2n) is 2.81. The fourth-order valence-corrected chi connectivity index (χ4v) is 1.02. The van der Waals surface area contributed by atoms with Gasteiger partial charge in [-0.3, -0.25) is 0 Å². The summed E-state index contributed by atoms with van der Waals surface area (Å²) in [6.45, 7) is 1.79. The zero-order valence-corrected chi connectivity index (χ0v) is 8.80. The molecule has 0 amide bonds. The molecule has 0 aliphatic carbocycles. The first kappa shape index (κ1) is 11.9. The highest BCUT2D eigenvalue weighted by Crippen LogP contribution is 2.28. The average Bonchev–Trinajstić information content (AvgIpc) is 2.45. The molecule has 1 rings (SSSR count). The van der Waals surface area contributed by atoms with Gasteiger partial charge in [0.25, 0.3) is 0 Å². The van der Waals surface area contributed by atoms with E-state index < -0.39 is 12.3 Å². The number of carboxylic acid groups (broad SMARTS) is 1. The van der Waals surface area contributed by atoms with E-state index in [0.717, 1.165) is 0 Å². The van der Waals surface area contributed by atoms with Gasteiger partial charge >= 0.3 is 12.3 Å². The van der Waals surface area contributed by atoms with E-state index in [9.17, 15) is 9.59 Å². The fourth-order valence-electron chi connectivity index (χ4n) is 1.02. The first-order chi connectivity index (χ1) is 7.52. The van der Waals surface area contributed by atoms with Crippen molar-refractivity contribution in [3.63, 3.8) is 0 Å². The van der Waals surface area contributed by atoms with E-state index in [2.05, 4.69) is 9.47 Å². The third kappa shape index (κ3) is 3.19. The van der Waals surface area contributed by atoms with Crippen LogP contribution in [0.5, 0.6) is 11.5 Å². The third-order valence-corrected chi connectivity index (χ3v) is 1.54. The van der Waals surface area contributed by atoms with E-state index in [1.165, 1.54) is 17.0 Å². The molecule has 0 saturated heterocycles. The molecule has 0 aliphatic rings. The zero-order chi connectivity index (χ0) is 12.1. The van der Waals surface area contributed by atoms with Crippen LogP contribution in [0.2, 0.25) is 0 Å². The van der Waals surface area contributed by atoms with Crippen molar-refractivity contribution in [3.8, 4) is 11.5 Å². The van der Waals surface area contributed by atoms with Gasteiger partial charge in [-0.05, 0) is 6.92 Å². The summed E-state index contributed by atoms with van der Waals surface area (Å²) in [5.41, 5.74) is 0. The molecule has 0 aromatic carbocycles. The van der Waals surface area contributed by atoms with E-state index in [4.69, 9.17) is 9.84 Å². The highest BCUT2D eigenvalue weighted by atomic mass is 16.7. The molecule has 0 spiro atoms. The minimum atomic E-state index is -1.49. The minimum absolute atomic E-state index is 0.0108. The fraction of sp³-hybridized carbons (Fsp3) is 0.333. The Hall–Kier alpha value is -2.18. The summed E-state index contributed by atoms with van der Waals surface area (Å²) in [7, 11) is 1.63. The van der Waals surface area contributed by atoms with Crippen molar-refractivity contribution in [1.82, 2.24) is 4.57 Å². The predicted molar refractivity (Wildman–Crippen MR) is 51.7 cm³/mol. The molecule has 1 N–H and O–H groups in total. The van der Waals surface area contributed by atoms with Crippen LogP contribution in [0.25, 0.3) is 0 Å². The summed E-state index contributed by atoms with van der Waals surface area (Å²) in [6.07, 6.45) is 0.363. The summed E-state index contributed by atoms with van der Waals surface area (Å²) in [5, 5.41) is 8.43. The number of nitrogens with zero attached hydrogens (tertiary/aromatic N) is 1. The molecule has 7 heteroatoms. The molecule has 88 valence electrons. The molecule has 0 radical (unpaired) electrons. The molecule has 7 nitrogen and oxygen atoms in total. The lowest BCUT2D eigenvalue weighted by Gasteiger charge is -2.03. The van der Waals surface area contributed by atoms with E-state index in [-0.39, 0.29) is 18.1 Å². The molecular weight excluding hydrogens is 218 g/mol. The lowest BCUT2D eigenvalue weighted by atomic mass is 10.5. The summed E-state index contributed by atoms with van der Waals surface area (Å²) in [6, 6.07) is 0. The molecule has 0 aliphatic heterocycles. The number of rotatable bonds is 3. The summed E-state index contributed by atoms with van der Waals surface area (Å²) in [4.78, 5) is 21.3. The first-order valence-corrected chi connectivity index (χ1v) is 4.44. The van der Waals surface area contributed by atoms with Crippen LogP contribution in [-0.2, 0) is 11.8 Å². The van der Waals surface area contributed by atoms with E-state index in [1.54, 1.807) is 14.0 Å². The molecule has 1 aromatic rings. The van der Waals surface area contributed by atoms with E-state index in [1.807, 2.05) is 0 Å². The first-order valence-electron chi connectivity index (χ1n) is 4.44. The normalized spacial score (nSPS) is 9.62. The Labute approximate surface area is 91.1 Å². The topological polar surface area (TPSA) is 87.0 Å². The van der Waals surface area contributed by atoms with Crippen molar-refractivity contribution in [2.75, 3.05) is 6.61 Å². The molecule has 16 heavy (non-hydrogen) atoms. The maximum absolute atomic E-state index is 11.0. The zero-order valence-electron chi connectivity index (χ0n) is 8.80. The lowest BCUT2D eigenvalue weighted by Crippen LogP contribution is -2.11. The summed E-state index contributed by atoms with van der Waals surface area (Å²) in [5.74, 6) is -0.0774. The quantitative estimate of drug-likeness (QED) is 0.792. The van der Waals surface area contributed by atoms with Gasteiger partial charge in [-0.1, -0.05) is 0 Å². The third-order valence-electron chi connectivity index (χ3n) is 1.54. The largest absolute Gasteiger partial charge is 0.514 e. The van der Waals surface area contributed by atoms with Gasteiger partial charge in [-0.2, -0.15) is 0 Å². The van der Waals surface area contributed by atoms with Crippen LogP contribution in [0.3, 0.4) is 0 Å². The van der Waals surface area contributed by atoms with Crippen LogP contribution in [-0.4, -0.2) is 28.6 Å². The number of carbonyl (C=O) groups is 2. The summed E-state index contributed by atoms with van der Waals surface area (Å²) >= 11 is 0. The molecule has 0 bridgehead atoms. The number of aromatic nitrogens is 1. The Kier molecular flexibility index (Phi) is 3.76. The number of hydrogen-bond donors (Lipinski definition) is 1. The van der Waals surface area contributed by atoms with Crippen molar-refractivity contribution in [2.24, 2.45) is 7.05 Å². The van der Waals surface area contributed by atoms with Gasteiger partial charge in [-0.15, -0.1) is 0 Å². The van der Waals surface area contributed by atoms with Gasteiger partial charge in [0.2, 0.25) is 0 Å². The Morgan fingerprint density at radius 2 is 1.88 bits per heavy atom. The van der Waals surface area contributed by atoms with Crippen LogP contribution in [0.4, 0.5) is 9.59 Å². The highest BCUT2D eigenvalue weighted by Gasteiger charge is 2.15. The maximum atomic E-state index is 11.0. The van der Waals surface area contributed by atoms with Gasteiger partial charge in [0.15, 0.2) is 11.5 Å². The monoisotopic (exact) mass is 229 g/mol. The van der Waals surface area contributed by atoms with Crippen molar-refractivity contribution < 1.29 is 28.9 Å². The van der Waals surface area contributed by atoms with Gasteiger partial charge in [-0.25, -0.2) is 9.59 Å². The molecule has 1 aromatic heterocycles. The molecule has 0 fully saturated rings.